The third-order valence-corrected chi connectivity index (χ3v) is 5.85. The van der Waals surface area contributed by atoms with Crippen LogP contribution in [-0.4, -0.2) is 11.7 Å². The molecule has 1 heterocycles. The number of methoxy groups -OCH3 is 1. The fourth-order valence-corrected chi connectivity index (χ4v) is 4.30. The fourth-order valence-electron chi connectivity index (χ4n) is 3.12. The Hall–Kier alpha value is -2.82. The average molecular weight is 421 g/mol. The van der Waals surface area contributed by atoms with Crippen LogP contribution in [0.15, 0.2) is 83.2 Å². The van der Waals surface area contributed by atoms with Gasteiger partial charge in [0.2, 0.25) is 0 Å². The predicted molar refractivity (Wildman–Crippen MR) is 121 cm³/mol. The van der Waals surface area contributed by atoms with E-state index in [2.05, 4.69) is 41.1 Å². The molecule has 5 heteroatoms. The molecule has 1 aromatic heterocycles. The van der Waals surface area contributed by atoms with Gasteiger partial charge in [-0.2, -0.15) is 0 Å². The summed E-state index contributed by atoms with van der Waals surface area (Å²) in [6.45, 7) is 2.83. The van der Waals surface area contributed by atoms with Crippen molar-refractivity contribution >= 4 is 28.6 Å². The van der Waals surface area contributed by atoms with E-state index in [1.54, 1.807) is 18.4 Å². The number of rotatable bonds is 5. The molecule has 0 atom stereocenters. The summed E-state index contributed by atoms with van der Waals surface area (Å²) in [5.41, 5.74) is 5.53. The van der Waals surface area contributed by atoms with Gasteiger partial charge in [0, 0.05) is 10.9 Å². The first kappa shape index (κ1) is 19.5. The monoisotopic (exact) mass is 420 g/mol. The van der Waals surface area contributed by atoms with Crippen LogP contribution in [0.5, 0.6) is 5.75 Å². The van der Waals surface area contributed by atoms with E-state index in [0.29, 0.717) is 10.8 Å². The molecule has 146 valence electrons. The van der Waals surface area contributed by atoms with Crippen LogP contribution in [0.4, 0.5) is 5.69 Å². The summed E-state index contributed by atoms with van der Waals surface area (Å²) in [4.78, 5) is 5.82. The summed E-state index contributed by atoms with van der Waals surface area (Å²) in [5, 5.41) is 2.73. The first-order valence-electron chi connectivity index (χ1n) is 9.31. The van der Waals surface area contributed by atoms with Crippen LogP contribution in [0.3, 0.4) is 0 Å². The minimum absolute atomic E-state index is 0.597. The van der Waals surface area contributed by atoms with Crippen molar-refractivity contribution in [3.05, 3.63) is 99.1 Å². The molecule has 0 N–H and O–H groups in total. The normalized spacial score (nSPS) is 11.6. The second kappa shape index (κ2) is 8.68. The van der Waals surface area contributed by atoms with Gasteiger partial charge in [0.25, 0.3) is 0 Å². The minimum Gasteiger partial charge on any atom is -0.495 e. The zero-order chi connectivity index (χ0) is 20.2. The van der Waals surface area contributed by atoms with Crippen molar-refractivity contribution in [2.24, 2.45) is 4.99 Å². The standard InChI is InChI=1S/C24H21ClN2OS/c1-17-8-10-18(11-9-17)15-27-22(19-12-13-23(28-2)21(25)14-19)16-29-24(27)26-20-6-4-3-5-7-20/h3-14,16H,15H2,1-2H3. The molecular formula is C24H21ClN2OS. The van der Waals surface area contributed by atoms with Crippen molar-refractivity contribution < 1.29 is 4.74 Å². The second-order valence-corrected chi connectivity index (χ2v) is 8.02. The first-order chi connectivity index (χ1) is 14.1. The molecule has 0 amide bonds. The van der Waals surface area contributed by atoms with Gasteiger partial charge in [0.15, 0.2) is 4.80 Å². The first-order valence-corrected chi connectivity index (χ1v) is 10.6. The van der Waals surface area contributed by atoms with Crippen LogP contribution in [0.1, 0.15) is 11.1 Å². The lowest BCUT2D eigenvalue weighted by Crippen LogP contribution is -2.16. The Morgan fingerprint density at radius 2 is 1.76 bits per heavy atom. The molecular weight excluding hydrogens is 400 g/mol. The highest BCUT2D eigenvalue weighted by Crippen LogP contribution is 2.31. The second-order valence-electron chi connectivity index (χ2n) is 6.77. The third kappa shape index (κ3) is 4.44. The summed E-state index contributed by atoms with van der Waals surface area (Å²) in [7, 11) is 1.62. The van der Waals surface area contributed by atoms with Crippen LogP contribution >= 0.6 is 22.9 Å². The Kier molecular flexibility index (Phi) is 5.84. The number of para-hydroxylation sites is 1. The molecule has 0 aliphatic rings. The number of aromatic nitrogens is 1. The Balaban J connectivity index is 1.84. The summed E-state index contributed by atoms with van der Waals surface area (Å²) >= 11 is 8.02. The van der Waals surface area contributed by atoms with Crippen LogP contribution in [0, 0.1) is 6.92 Å². The molecule has 0 radical (unpaired) electrons. The molecule has 0 spiro atoms. The number of ether oxygens (including phenoxy) is 1. The van der Waals surface area contributed by atoms with E-state index in [0.717, 1.165) is 28.3 Å². The Labute approximate surface area is 179 Å². The third-order valence-electron chi connectivity index (χ3n) is 4.69. The molecule has 4 aromatic rings. The Morgan fingerprint density at radius 1 is 1.00 bits per heavy atom. The largest absolute Gasteiger partial charge is 0.495 e. The van der Waals surface area contributed by atoms with E-state index in [1.807, 2.05) is 48.5 Å². The summed E-state index contributed by atoms with van der Waals surface area (Å²) < 4.78 is 7.54. The summed E-state index contributed by atoms with van der Waals surface area (Å²) in [5.74, 6) is 0.671. The molecule has 0 fully saturated rings. The summed E-state index contributed by atoms with van der Waals surface area (Å²) in [6, 6.07) is 24.5. The molecule has 0 aliphatic heterocycles. The Morgan fingerprint density at radius 3 is 2.45 bits per heavy atom. The molecule has 3 nitrogen and oxygen atoms in total. The minimum atomic E-state index is 0.597. The predicted octanol–water partition coefficient (Wildman–Crippen LogP) is 6.47. The maximum Gasteiger partial charge on any atom is 0.190 e. The van der Waals surface area contributed by atoms with Crippen molar-refractivity contribution in [2.75, 3.05) is 7.11 Å². The number of hydrogen-bond donors (Lipinski definition) is 0. The number of benzene rings is 3. The van der Waals surface area contributed by atoms with Crippen molar-refractivity contribution in [1.29, 1.82) is 0 Å². The van der Waals surface area contributed by atoms with Gasteiger partial charge >= 0.3 is 0 Å². The molecule has 29 heavy (non-hydrogen) atoms. The highest BCUT2D eigenvalue weighted by atomic mass is 35.5. The van der Waals surface area contributed by atoms with E-state index < -0.39 is 0 Å². The topological polar surface area (TPSA) is 26.5 Å². The lowest BCUT2D eigenvalue weighted by molar-refractivity contribution is 0.415. The van der Waals surface area contributed by atoms with Crippen LogP contribution < -0.4 is 9.54 Å². The highest BCUT2D eigenvalue weighted by Gasteiger charge is 2.11. The number of aryl methyl sites for hydroxylation is 1. The lowest BCUT2D eigenvalue weighted by atomic mass is 10.1. The zero-order valence-electron chi connectivity index (χ0n) is 16.3. The van der Waals surface area contributed by atoms with E-state index >= 15 is 0 Å². The van der Waals surface area contributed by atoms with Crippen molar-refractivity contribution in [2.45, 2.75) is 13.5 Å². The van der Waals surface area contributed by atoms with Crippen molar-refractivity contribution in [3.8, 4) is 17.0 Å². The van der Waals surface area contributed by atoms with Crippen LogP contribution in [-0.2, 0) is 6.54 Å². The molecule has 0 aliphatic carbocycles. The van der Waals surface area contributed by atoms with Gasteiger partial charge in [-0.1, -0.05) is 59.6 Å². The van der Waals surface area contributed by atoms with Gasteiger partial charge in [-0.3, -0.25) is 0 Å². The molecule has 3 aromatic carbocycles. The maximum atomic E-state index is 6.39. The van der Waals surface area contributed by atoms with Gasteiger partial charge < -0.3 is 9.30 Å². The fraction of sp³-hybridized carbons (Fsp3) is 0.125. The number of thiazole rings is 1. The van der Waals surface area contributed by atoms with Gasteiger partial charge in [-0.05, 0) is 42.8 Å². The van der Waals surface area contributed by atoms with E-state index in [9.17, 15) is 0 Å². The van der Waals surface area contributed by atoms with Gasteiger partial charge in [0.05, 0.1) is 30.1 Å². The number of nitrogens with zero attached hydrogens (tertiary/aromatic N) is 2. The highest BCUT2D eigenvalue weighted by molar-refractivity contribution is 7.07. The van der Waals surface area contributed by atoms with Gasteiger partial charge in [-0.15, -0.1) is 11.3 Å². The SMILES string of the molecule is COc1ccc(-c2csc(=Nc3ccccc3)n2Cc2ccc(C)cc2)cc1Cl. The molecule has 4 rings (SSSR count). The molecule has 0 unspecified atom stereocenters. The zero-order valence-corrected chi connectivity index (χ0v) is 17.9. The summed E-state index contributed by atoms with van der Waals surface area (Å²) in [6.07, 6.45) is 0. The van der Waals surface area contributed by atoms with Crippen molar-refractivity contribution in [3.63, 3.8) is 0 Å². The lowest BCUT2D eigenvalue weighted by Gasteiger charge is -2.11. The molecule has 0 bridgehead atoms. The molecule has 0 saturated carbocycles. The van der Waals surface area contributed by atoms with Gasteiger partial charge in [-0.25, -0.2) is 4.99 Å². The van der Waals surface area contributed by atoms with E-state index in [1.165, 1.54) is 11.1 Å². The van der Waals surface area contributed by atoms with E-state index in [-0.39, 0.29) is 0 Å². The maximum absolute atomic E-state index is 6.39. The van der Waals surface area contributed by atoms with E-state index in [4.69, 9.17) is 21.3 Å². The van der Waals surface area contributed by atoms with Crippen LogP contribution in [0.2, 0.25) is 5.02 Å². The average Bonchev–Trinajstić information content (AvgIpc) is 3.12. The smallest absolute Gasteiger partial charge is 0.190 e. The number of hydrogen-bond acceptors (Lipinski definition) is 3. The number of halogens is 1. The van der Waals surface area contributed by atoms with Crippen LogP contribution in [0.25, 0.3) is 11.3 Å². The molecule has 0 saturated heterocycles. The Bertz CT molecular complexity index is 1180. The van der Waals surface area contributed by atoms with Crippen molar-refractivity contribution in [1.82, 2.24) is 4.57 Å². The quantitative estimate of drug-likeness (QED) is 0.363. The van der Waals surface area contributed by atoms with Gasteiger partial charge in [0.1, 0.15) is 5.75 Å².